The van der Waals surface area contributed by atoms with Gasteiger partial charge in [-0.2, -0.15) is 4.31 Å². The first-order valence-corrected chi connectivity index (χ1v) is 10.6. The minimum absolute atomic E-state index is 0.0733. The van der Waals surface area contributed by atoms with E-state index in [4.69, 9.17) is 0 Å². The van der Waals surface area contributed by atoms with Gasteiger partial charge in [0.1, 0.15) is 0 Å². The van der Waals surface area contributed by atoms with Crippen molar-refractivity contribution >= 4 is 15.9 Å². The van der Waals surface area contributed by atoms with Gasteiger partial charge in [0.25, 0.3) is 5.91 Å². The van der Waals surface area contributed by atoms with Gasteiger partial charge >= 0.3 is 0 Å². The third kappa shape index (κ3) is 3.58. The van der Waals surface area contributed by atoms with Crippen LogP contribution < -0.4 is 0 Å². The highest BCUT2D eigenvalue weighted by atomic mass is 32.2. The average Bonchev–Trinajstić information content (AvgIpc) is 3.29. The van der Waals surface area contributed by atoms with Crippen molar-refractivity contribution in [2.45, 2.75) is 4.90 Å². The number of amides is 1. The monoisotopic (exact) mass is 395 g/mol. The van der Waals surface area contributed by atoms with E-state index in [9.17, 15) is 13.2 Å². The maximum atomic E-state index is 12.8. The van der Waals surface area contributed by atoms with Crippen molar-refractivity contribution in [3.05, 3.63) is 84.7 Å². The minimum Gasteiger partial charge on any atom is -0.336 e. The quantitative estimate of drug-likeness (QED) is 0.682. The second kappa shape index (κ2) is 7.61. The lowest BCUT2D eigenvalue weighted by Crippen LogP contribution is -2.50. The van der Waals surface area contributed by atoms with Gasteiger partial charge < -0.3 is 9.47 Å². The molecule has 144 valence electrons. The van der Waals surface area contributed by atoms with E-state index < -0.39 is 10.0 Å². The molecule has 0 N–H and O–H groups in total. The van der Waals surface area contributed by atoms with E-state index in [0.29, 0.717) is 31.7 Å². The summed E-state index contributed by atoms with van der Waals surface area (Å²) in [7, 11) is -3.51. The molecule has 6 nitrogen and oxygen atoms in total. The van der Waals surface area contributed by atoms with Crippen molar-refractivity contribution in [2.75, 3.05) is 26.2 Å². The van der Waals surface area contributed by atoms with Crippen molar-refractivity contribution in [3.8, 4) is 5.69 Å². The minimum atomic E-state index is -3.51. The topological polar surface area (TPSA) is 62.6 Å². The molecule has 0 bridgehead atoms. The SMILES string of the molecule is O=C(c1ccc(-n2cccc2)cc1)N1CCN(S(=O)(=O)c2ccccc2)CC1. The molecule has 28 heavy (non-hydrogen) atoms. The average molecular weight is 395 g/mol. The number of rotatable bonds is 4. The van der Waals surface area contributed by atoms with Gasteiger partial charge in [-0.1, -0.05) is 18.2 Å². The summed E-state index contributed by atoms with van der Waals surface area (Å²) < 4.78 is 28.8. The summed E-state index contributed by atoms with van der Waals surface area (Å²) in [5.41, 5.74) is 1.59. The number of nitrogens with zero attached hydrogens (tertiary/aromatic N) is 3. The van der Waals surface area contributed by atoms with E-state index in [1.165, 1.54) is 4.31 Å². The van der Waals surface area contributed by atoms with Gasteiger partial charge in [0, 0.05) is 49.8 Å². The zero-order valence-corrected chi connectivity index (χ0v) is 16.1. The summed E-state index contributed by atoms with van der Waals surface area (Å²) in [5, 5.41) is 0. The fourth-order valence-corrected chi connectivity index (χ4v) is 4.78. The Morgan fingerprint density at radius 3 is 1.96 bits per heavy atom. The summed E-state index contributed by atoms with van der Waals surface area (Å²) in [6.45, 7) is 1.35. The van der Waals surface area contributed by atoms with Crippen LogP contribution in [0, 0.1) is 0 Å². The number of piperazine rings is 1. The van der Waals surface area contributed by atoms with E-state index in [-0.39, 0.29) is 10.8 Å². The van der Waals surface area contributed by atoms with Crippen molar-refractivity contribution < 1.29 is 13.2 Å². The first-order chi connectivity index (χ1) is 13.6. The van der Waals surface area contributed by atoms with Crippen molar-refractivity contribution in [1.29, 1.82) is 0 Å². The maximum absolute atomic E-state index is 12.8. The van der Waals surface area contributed by atoms with Crippen molar-refractivity contribution in [1.82, 2.24) is 13.8 Å². The normalized spacial score (nSPS) is 15.5. The molecule has 0 spiro atoms. The molecule has 1 aromatic heterocycles. The van der Waals surface area contributed by atoms with Crippen LogP contribution in [0.2, 0.25) is 0 Å². The molecular weight excluding hydrogens is 374 g/mol. The molecule has 1 aliphatic heterocycles. The zero-order chi connectivity index (χ0) is 19.6. The third-order valence-corrected chi connectivity index (χ3v) is 6.84. The predicted molar refractivity (Wildman–Crippen MR) is 107 cm³/mol. The Bertz CT molecular complexity index is 1040. The van der Waals surface area contributed by atoms with Crippen LogP contribution in [0.15, 0.2) is 84.0 Å². The van der Waals surface area contributed by atoms with Crippen LogP contribution in [-0.4, -0.2) is 54.3 Å². The standard InChI is InChI=1S/C21H21N3O3S/c25-21(18-8-10-19(11-9-18)22-12-4-5-13-22)23-14-16-24(17-15-23)28(26,27)20-6-2-1-3-7-20/h1-13H,14-17H2. The Labute approximate surface area is 164 Å². The Kier molecular flexibility index (Phi) is 5.02. The van der Waals surface area contributed by atoms with E-state index in [0.717, 1.165) is 5.69 Å². The molecule has 0 aliphatic carbocycles. The Balaban J connectivity index is 1.41. The van der Waals surface area contributed by atoms with Crippen LogP contribution in [-0.2, 0) is 10.0 Å². The molecule has 0 radical (unpaired) electrons. The number of hydrogen-bond acceptors (Lipinski definition) is 3. The Morgan fingerprint density at radius 1 is 0.750 bits per heavy atom. The molecule has 3 aromatic rings. The first-order valence-electron chi connectivity index (χ1n) is 9.13. The van der Waals surface area contributed by atoms with E-state index in [2.05, 4.69) is 0 Å². The van der Waals surface area contributed by atoms with Crippen LogP contribution in [0.3, 0.4) is 0 Å². The second-order valence-corrected chi connectivity index (χ2v) is 8.58. The maximum Gasteiger partial charge on any atom is 0.253 e. The van der Waals surface area contributed by atoms with Gasteiger partial charge in [-0.15, -0.1) is 0 Å². The zero-order valence-electron chi connectivity index (χ0n) is 15.3. The molecule has 7 heteroatoms. The summed E-state index contributed by atoms with van der Waals surface area (Å²) in [4.78, 5) is 14.8. The molecule has 0 atom stereocenters. The third-order valence-electron chi connectivity index (χ3n) is 4.92. The molecule has 0 saturated carbocycles. The number of aromatic nitrogens is 1. The summed E-state index contributed by atoms with van der Waals surface area (Å²) >= 11 is 0. The second-order valence-electron chi connectivity index (χ2n) is 6.65. The molecule has 1 amide bonds. The fraction of sp³-hybridized carbons (Fsp3) is 0.190. The van der Waals surface area contributed by atoms with Gasteiger partial charge in [0.2, 0.25) is 10.0 Å². The molecule has 2 aromatic carbocycles. The Morgan fingerprint density at radius 2 is 1.36 bits per heavy atom. The number of carbonyl (C=O) groups is 1. The molecule has 1 fully saturated rings. The highest BCUT2D eigenvalue weighted by Gasteiger charge is 2.30. The van der Waals surface area contributed by atoms with E-state index >= 15 is 0 Å². The van der Waals surface area contributed by atoms with Gasteiger partial charge in [-0.05, 0) is 48.5 Å². The fourth-order valence-electron chi connectivity index (χ4n) is 3.34. The van der Waals surface area contributed by atoms with Crippen LogP contribution in [0.5, 0.6) is 0 Å². The first kappa shape index (κ1) is 18.5. The number of carbonyl (C=O) groups excluding carboxylic acids is 1. The molecule has 2 heterocycles. The lowest BCUT2D eigenvalue weighted by atomic mass is 10.1. The highest BCUT2D eigenvalue weighted by molar-refractivity contribution is 7.89. The highest BCUT2D eigenvalue weighted by Crippen LogP contribution is 2.19. The van der Waals surface area contributed by atoms with Gasteiger partial charge in [0.15, 0.2) is 0 Å². The number of sulfonamides is 1. The molecule has 1 aliphatic rings. The summed E-state index contributed by atoms with van der Waals surface area (Å²) in [6, 6.07) is 19.7. The Hall–Kier alpha value is -2.90. The molecule has 4 rings (SSSR count). The number of hydrogen-bond donors (Lipinski definition) is 0. The molecular formula is C21H21N3O3S. The smallest absolute Gasteiger partial charge is 0.253 e. The largest absolute Gasteiger partial charge is 0.336 e. The van der Waals surface area contributed by atoms with Crippen LogP contribution in [0.4, 0.5) is 0 Å². The van der Waals surface area contributed by atoms with Crippen LogP contribution in [0.1, 0.15) is 10.4 Å². The van der Waals surface area contributed by atoms with Gasteiger partial charge in [0.05, 0.1) is 4.90 Å². The summed E-state index contributed by atoms with van der Waals surface area (Å²) in [6.07, 6.45) is 3.90. The van der Waals surface area contributed by atoms with Crippen LogP contribution >= 0.6 is 0 Å². The lowest BCUT2D eigenvalue weighted by Gasteiger charge is -2.34. The van der Waals surface area contributed by atoms with E-state index in [1.807, 2.05) is 53.4 Å². The lowest BCUT2D eigenvalue weighted by molar-refractivity contribution is 0.0698. The van der Waals surface area contributed by atoms with Gasteiger partial charge in [-0.25, -0.2) is 8.42 Å². The number of benzene rings is 2. The molecule has 1 saturated heterocycles. The van der Waals surface area contributed by atoms with Crippen molar-refractivity contribution in [2.24, 2.45) is 0 Å². The van der Waals surface area contributed by atoms with Crippen molar-refractivity contribution in [3.63, 3.8) is 0 Å². The van der Waals surface area contributed by atoms with Crippen LogP contribution in [0.25, 0.3) is 5.69 Å². The summed E-state index contributed by atoms with van der Waals surface area (Å²) in [5.74, 6) is -0.0733. The predicted octanol–water partition coefficient (Wildman–Crippen LogP) is 2.62. The van der Waals surface area contributed by atoms with Gasteiger partial charge in [-0.3, -0.25) is 4.79 Å². The molecule has 0 unspecified atom stereocenters. The van der Waals surface area contributed by atoms with E-state index in [1.54, 1.807) is 35.2 Å².